The topological polar surface area (TPSA) is 80.4 Å². The summed E-state index contributed by atoms with van der Waals surface area (Å²) >= 11 is 0. The average Bonchev–Trinajstić information content (AvgIpc) is 3.47. The van der Waals surface area contributed by atoms with E-state index in [1.54, 1.807) is 36.2 Å². The van der Waals surface area contributed by atoms with Gasteiger partial charge in [0, 0.05) is 18.8 Å². The molecule has 0 aliphatic carbocycles. The summed E-state index contributed by atoms with van der Waals surface area (Å²) in [6.45, 7) is 3.85. The summed E-state index contributed by atoms with van der Waals surface area (Å²) in [5.74, 6) is -0.0362. The third-order valence-corrected chi connectivity index (χ3v) is 5.31. The molecule has 4 aromatic rings. The van der Waals surface area contributed by atoms with Crippen molar-refractivity contribution in [3.8, 4) is 17.1 Å². The predicted octanol–water partition coefficient (Wildman–Crippen LogP) is 4.46. The number of anilines is 1. The monoisotopic (exact) mass is 428 g/mol. The summed E-state index contributed by atoms with van der Waals surface area (Å²) < 4.78 is 7.02. The zero-order chi connectivity index (χ0) is 22.7. The molecule has 2 heterocycles. The molecule has 0 radical (unpaired) electrons. The van der Waals surface area contributed by atoms with Gasteiger partial charge in [-0.05, 0) is 55.3 Å². The number of para-hydroxylation sites is 1. The summed E-state index contributed by atoms with van der Waals surface area (Å²) in [6, 6.07) is 20.3. The molecule has 0 unspecified atom stereocenters. The first kappa shape index (κ1) is 21.1. The average molecular weight is 428 g/mol. The van der Waals surface area contributed by atoms with Crippen LogP contribution in [0.1, 0.15) is 21.6 Å². The minimum Gasteiger partial charge on any atom is -0.463 e. The predicted molar refractivity (Wildman–Crippen MR) is 123 cm³/mol. The van der Waals surface area contributed by atoms with Crippen LogP contribution in [0.3, 0.4) is 0 Å². The first-order valence-electron chi connectivity index (χ1n) is 10.2. The van der Waals surface area contributed by atoms with Crippen LogP contribution in [0.15, 0.2) is 77.4 Å². The molecule has 7 heteroatoms. The molecule has 0 atom stereocenters. The normalized spacial score (nSPS) is 10.7. The van der Waals surface area contributed by atoms with Crippen molar-refractivity contribution in [1.29, 1.82) is 0 Å². The molecule has 1 N–H and O–H groups in total. The summed E-state index contributed by atoms with van der Waals surface area (Å²) in [5, 5.41) is 7.46. The first-order valence-corrected chi connectivity index (χ1v) is 10.2. The van der Waals surface area contributed by atoms with Crippen LogP contribution in [0.25, 0.3) is 17.1 Å². The van der Waals surface area contributed by atoms with E-state index in [1.807, 2.05) is 62.4 Å². The number of aromatic nitrogens is 2. The number of carbonyl (C=O) groups excluding carboxylic acids is 2. The van der Waals surface area contributed by atoms with E-state index in [1.165, 1.54) is 4.90 Å². The standard InChI is InChI=1S/C25H24N4O3/c1-17-9-7-12-20(18(17)2)26-24(30)16-28(3)25(31)22-15-21(23-13-8-14-32-23)27-29(22)19-10-5-4-6-11-19/h4-15H,16H2,1-3H3,(H,26,30). The second-order valence-corrected chi connectivity index (χ2v) is 7.60. The van der Waals surface area contributed by atoms with Crippen LogP contribution < -0.4 is 5.32 Å². The minimum absolute atomic E-state index is 0.0950. The van der Waals surface area contributed by atoms with Gasteiger partial charge in [-0.25, -0.2) is 4.68 Å². The number of hydrogen-bond acceptors (Lipinski definition) is 4. The molecule has 0 saturated carbocycles. The number of benzene rings is 2. The van der Waals surface area contributed by atoms with E-state index in [4.69, 9.17) is 4.42 Å². The van der Waals surface area contributed by atoms with Gasteiger partial charge in [-0.1, -0.05) is 30.3 Å². The second kappa shape index (κ2) is 8.93. The van der Waals surface area contributed by atoms with Gasteiger partial charge in [-0.15, -0.1) is 0 Å². The van der Waals surface area contributed by atoms with Gasteiger partial charge in [0.2, 0.25) is 5.91 Å². The molecule has 2 aromatic carbocycles. The highest BCUT2D eigenvalue weighted by Gasteiger charge is 2.23. The zero-order valence-electron chi connectivity index (χ0n) is 18.2. The van der Waals surface area contributed by atoms with Gasteiger partial charge in [-0.3, -0.25) is 9.59 Å². The quantitative estimate of drug-likeness (QED) is 0.492. The molecule has 32 heavy (non-hydrogen) atoms. The molecule has 0 spiro atoms. The molecule has 2 amide bonds. The van der Waals surface area contributed by atoms with Crippen LogP contribution in [0.4, 0.5) is 5.69 Å². The van der Waals surface area contributed by atoms with Crippen molar-refractivity contribution in [2.24, 2.45) is 0 Å². The maximum absolute atomic E-state index is 13.3. The highest BCUT2D eigenvalue weighted by Crippen LogP contribution is 2.23. The zero-order valence-corrected chi connectivity index (χ0v) is 18.2. The van der Waals surface area contributed by atoms with Crippen molar-refractivity contribution in [1.82, 2.24) is 14.7 Å². The van der Waals surface area contributed by atoms with Gasteiger partial charge in [-0.2, -0.15) is 5.10 Å². The summed E-state index contributed by atoms with van der Waals surface area (Å²) in [6.07, 6.45) is 1.56. The maximum atomic E-state index is 13.3. The van der Waals surface area contributed by atoms with Crippen molar-refractivity contribution in [2.75, 3.05) is 18.9 Å². The Kier molecular flexibility index (Phi) is 5.89. The van der Waals surface area contributed by atoms with Gasteiger partial charge in [0.05, 0.1) is 18.5 Å². The highest BCUT2D eigenvalue weighted by atomic mass is 16.3. The van der Waals surface area contributed by atoms with Gasteiger partial charge in [0.25, 0.3) is 5.91 Å². The lowest BCUT2D eigenvalue weighted by Gasteiger charge is -2.18. The van der Waals surface area contributed by atoms with E-state index in [2.05, 4.69) is 10.4 Å². The number of hydrogen-bond donors (Lipinski definition) is 1. The SMILES string of the molecule is Cc1cccc(NC(=O)CN(C)C(=O)c2cc(-c3ccco3)nn2-c2ccccc2)c1C. The van der Waals surface area contributed by atoms with Gasteiger partial charge in [0.15, 0.2) is 5.76 Å². The Hall–Kier alpha value is -4.13. The smallest absolute Gasteiger partial charge is 0.272 e. The Morgan fingerprint density at radius 2 is 1.81 bits per heavy atom. The van der Waals surface area contributed by atoms with Crippen molar-refractivity contribution < 1.29 is 14.0 Å². The lowest BCUT2D eigenvalue weighted by molar-refractivity contribution is -0.116. The number of rotatable bonds is 6. The Labute approximate surface area is 186 Å². The molecule has 0 fully saturated rings. The third kappa shape index (κ3) is 4.32. The number of furan rings is 1. The molecule has 0 aliphatic rings. The fourth-order valence-corrected chi connectivity index (χ4v) is 3.40. The highest BCUT2D eigenvalue weighted by molar-refractivity contribution is 5.99. The van der Waals surface area contributed by atoms with Crippen LogP contribution >= 0.6 is 0 Å². The van der Waals surface area contributed by atoms with Crippen LogP contribution in [0.2, 0.25) is 0 Å². The fraction of sp³-hybridized carbons (Fsp3) is 0.160. The largest absolute Gasteiger partial charge is 0.463 e. The molecule has 0 saturated heterocycles. The van der Waals surface area contributed by atoms with Crippen LogP contribution in [-0.4, -0.2) is 40.1 Å². The fourth-order valence-electron chi connectivity index (χ4n) is 3.40. The van der Waals surface area contributed by atoms with Crippen molar-refractivity contribution in [2.45, 2.75) is 13.8 Å². The summed E-state index contributed by atoms with van der Waals surface area (Å²) in [5.41, 5.74) is 4.44. The van der Waals surface area contributed by atoms with Crippen LogP contribution in [0.5, 0.6) is 0 Å². The Morgan fingerprint density at radius 3 is 2.53 bits per heavy atom. The molecule has 162 valence electrons. The molecule has 0 aliphatic heterocycles. The third-order valence-electron chi connectivity index (χ3n) is 5.31. The lowest BCUT2D eigenvalue weighted by atomic mass is 10.1. The molecule has 4 rings (SSSR count). The minimum atomic E-state index is -0.324. The van der Waals surface area contributed by atoms with E-state index in [0.29, 0.717) is 17.1 Å². The lowest BCUT2D eigenvalue weighted by Crippen LogP contribution is -2.36. The van der Waals surface area contributed by atoms with E-state index in [-0.39, 0.29) is 18.4 Å². The number of amides is 2. The Balaban J connectivity index is 1.57. The van der Waals surface area contributed by atoms with E-state index >= 15 is 0 Å². The van der Waals surface area contributed by atoms with Gasteiger partial charge < -0.3 is 14.6 Å². The summed E-state index contributed by atoms with van der Waals surface area (Å²) in [4.78, 5) is 27.3. The van der Waals surface area contributed by atoms with Gasteiger partial charge >= 0.3 is 0 Å². The van der Waals surface area contributed by atoms with Crippen LogP contribution in [0, 0.1) is 13.8 Å². The molecule has 0 bridgehead atoms. The van der Waals surface area contributed by atoms with Crippen molar-refractivity contribution in [3.63, 3.8) is 0 Å². The number of nitrogens with zero attached hydrogens (tertiary/aromatic N) is 3. The molecular formula is C25H24N4O3. The molecule has 7 nitrogen and oxygen atoms in total. The summed E-state index contributed by atoms with van der Waals surface area (Å²) in [7, 11) is 1.60. The van der Waals surface area contributed by atoms with E-state index in [0.717, 1.165) is 22.5 Å². The van der Waals surface area contributed by atoms with Crippen molar-refractivity contribution >= 4 is 17.5 Å². The number of likely N-dealkylation sites (N-methyl/N-ethyl adjacent to an activating group) is 1. The van der Waals surface area contributed by atoms with Crippen molar-refractivity contribution in [3.05, 3.63) is 89.8 Å². The van der Waals surface area contributed by atoms with Crippen LogP contribution in [-0.2, 0) is 4.79 Å². The number of aryl methyl sites for hydroxylation is 1. The van der Waals surface area contributed by atoms with Gasteiger partial charge in [0.1, 0.15) is 11.4 Å². The van der Waals surface area contributed by atoms with E-state index < -0.39 is 0 Å². The maximum Gasteiger partial charge on any atom is 0.272 e. The Bertz CT molecular complexity index is 1240. The second-order valence-electron chi connectivity index (χ2n) is 7.60. The Morgan fingerprint density at radius 1 is 1.03 bits per heavy atom. The first-order chi connectivity index (χ1) is 15.4. The molecule has 2 aromatic heterocycles. The number of carbonyl (C=O) groups is 2. The number of nitrogens with one attached hydrogen (secondary N) is 1. The van der Waals surface area contributed by atoms with E-state index in [9.17, 15) is 9.59 Å². The molecular weight excluding hydrogens is 404 g/mol.